The maximum atomic E-state index is 12.5. The number of carbonyl (C=O) groups excluding carboxylic acids is 2. The van der Waals surface area contributed by atoms with Gasteiger partial charge in [-0.05, 0) is 42.2 Å². The molecule has 1 aliphatic heterocycles. The Morgan fingerprint density at radius 2 is 1.90 bits per heavy atom. The van der Waals surface area contributed by atoms with Crippen LogP contribution < -0.4 is 15.4 Å². The summed E-state index contributed by atoms with van der Waals surface area (Å²) in [7, 11) is 0. The molecule has 0 bridgehead atoms. The van der Waals surface area contributed by atoms with Gasteiger partial charge < -0.3 is 20.5 Å². The van der Waals surface area contributed by atoms with E-state index < -0.39 is 24.0 Å². The highest BCUT2D eigenvalue weighted by Crippen LogP contribution is 2.33. The zero-order chi connectivity index (χ0) is 20.4. The van der Waals surface area contributed by atoms with Crippen LogP contribution in [0.4, 0.5) is 5.69 Å². The van der Waals surface area contributed by atoms with Gasteiger partial charge in [-0.2, -0.15) is 0 Å². The summed E-state index contributed by atoms with van der Waals surface area (Å²) in [5, 5.41) is 14.7. The van der Waals surface area contributed by atoms with Crippen molar-refractivity contribution in [2.24, 2.45) is 5.92 Å². The van der Waals surface area contributed by atoms with Crippen molar-refractivity contribution in [2.75, 3.05) is 5.32 Å². The summed E-state index contributed by atoms with van der Waals surface area (Å²) in [5.74, 6) is -0.726. The van der Waals surface area contributed by atoms with Crippen molar-refractivity contribution in [1.82, 2.24) is 5.32 Å². The number of hydrogen-bond acceptors (Lipinski definition) is 4. The van der Waals surface area contributed by atoms with Crippen LogP contribution in [0.5, 0.6) is 5.75 Å². The van der Waals surface area contributed by atoms with E-state index in [9.17, 15) is 19.5 Å². The van der Waals surface area contributed by atoms with Crippen molar-refractivity contribution in [1.29, 1.82) is 0 Å². The third-order valence-corrected chi connectivity index (χ3v) is 5.20. The first-order valence-electron chi connectivity index (χ1n) is 9.69. The third kappa shape index (κ3) is 4.56. The third-order valence-electron chi connectivity index (χ3n) is 5.20. The van der Waals surface area contributed by atoms with E-state index in [1.165, 1.54) is 6.07 Å². The Hall–Kier alpha value is -3.35. The van der Waals surface area contributed by atoms with E-state index in [1.807, 2.05) is 24.3 Å². The van der Waals surface area contributed by atoms with E-state index >= 15 is 0 Å². The molecule has 0 spiro atoms. The Kier molecular flexibility index (Phi) is 5.20. The topological polar surface area (TPSA) is 105 Å². The molecule has 3 N–H and O–H groups in total. The molecule has 1 heterocycles. The molecule has 7 heteroatoms. The molecule has 1 fully saturated rings. The molecule has 0 saturated heterocycles. The number of carboxylic acids is 1. The number of aliphatic carboxylic acids is 1. The van der Waals surface area contributed by atoms with E-state index in [4.69, 9.17) is 4.74 Å². The standard InChI is InChI=1S/C22H22N2O5/c25-20(24-17(22(27)28)10-13-8-9-13)15-5-3-6-16(11-15)23-21(26)19-12-14-4-1-2-7-18(14)29-19/h1-7,11,13,17,19H,8-10,12H2,(H,23,26)(H,24,25)(H,27,28). The average Bonchev–Trinajstić information content (AvgIpc) is 3.42. The molecule has 4 rings (SSSR count). The Labute approximate surface area is 168 Å². The molecule has 1 saturated carbocycles. The second-order valence-corrected chi connectivity index (χ2v) is 7.53. The van der Waals surface area contributed by atoms with Crippen molar-refractivity contribution in [3.05, 3.63) is 59.7 Å². The van der Waals surface area contributed by atoms with Gasteiger partial charge in [0, 0.05) is 17.7 Å². The van der Waals surface area contributed by atoms with E-state index in [1.54, 1.807) is 18.2 Å². The van der Waals surface area contributed by atoms with Crippen LogP contribution in [0.1, 0.15) is 35.2 Å². The van der Waals surface area contributed by atoms with Gasteiger partial charge in [-0.1, -0.05) is 37.1 Å². The predicted molar refractivity (Wildman–Crippen MR) is 106 cm³/mol. The fraction of sp³-hybridized carbons (Fsp3) is 0.318. The molecule has 0 aromatic heterocycles. The van der Waals surface area contributed by atoms with E-state index in [-0.39, 0.29) is 5.91 Å². The number of rotatable bonds is 7. The molecule has 2 atom stereocenters. The number of hydrogen-bond donors (Lipinski definition) is 3. The van der Waals surface area contributed by atoms with E-state index in [2.05, 4.69) is 10.6 Å². The summed E-state index contributed by atoms with van der Waals surface area (Å²) < 4.78 is 5.68. The molecule has 0 radical (unpaired) electrons. The Morgan fingerprint density at radius 1 is 1.10 bits per heavy atom. The summed E-state index contributed by atoms with van der Waals surface area (Å²) in [6, 6.07) is 13.0. The molecular formula is C22H22N2O5. The van der Waals surface area contributed by atoms with Crippen molar-refractivity contribution < 1.29 is 24.2 Å². The fourth-order valence-corrected chi connectivity index (χ4v) is 3.44. The highest BCUT2D eigenvalue weighted by molar-refractivity contribution is 5.99. The van der Waals surface area contributed by atoms with E-state index in [0.29, 0.717) is 35.8 Å². The van der Waals surface area contributed by atoms with Crippen molar-refractivity contribution in [3.63, 3.8) is 0 Å². The quantitative estimate of drug-likeness (QED) is 0.670. The highest BCUT2D eigenvalue weighted by atomic mass is 16.5. The van der Waals surface area contributed by atoms with Crippen molar-refractivity contribution in [3.8, 4) is 5.75 Å². The molecule has 2 aromatic carbocycles. The van der Waals surface area contributed by atoms with Gasteiger partial charge in [-0.25, -0.2) is 4.79 Å². The molecule has 2 unspecified atom stereocenters. The van der Waals surface area contributed by atoms with Crippen LogP contribution in [-0.4, -0.2) is 35.0 Å². The second-order valence-electron chi connectivity index (χ2n) is 7.53. The monoisotopic (exact) mass is 394 g/mol. The number of amides is 2. The molecule has 1 aliphatic carbocycles. The summed E-state index contributed by atoms with van der Waals surface area (Å²) in [4.78, 5) is 36.4. The molecule has 2 aromatic rings. The minimum Gasteiger partial charge on any atom is -0.480 e. The lowest BCUT2D eigenvalue weighted by molar-refractivity contribution is -0.139. The lowest BCUT2D eigenvalue weighted by Gasteiger charge is -2.15. The molecule has 2 amide bonds. The number of carbonyl (C=O) groups is 3. The predicted octanol–water partition coefficient (Wildman–Crippen LogP) is 2.61. The van der Waals surface area contributed by atoms with Gasteiger partial charge in [-0.15, -0.1) is 0 Å². The summed E-state index contributed by atoms with van der Waals surface area (Å²) in [6.07, 6.45) is 2.32. The largest absolute Gasteiger partial charge is 0.480 e. The fourth-order valence-electron chi connectivity index (χ4n) is 3.44. The van der Waals surface area contributed by atoms with Gasteiger partial charge in [-0.3, -0.25) is 9.59 Å². The van der Waals surface area contributed by atoms with Crippen LogP contribution >= 0.6 is 0 Å². The first kappa shape index (κ1) is 19.0. The smallest absolute Gasteiger partial charge is 0.326 e. The van der Waals surface area contributed by atoms with Crippen LogP contribution in [0, 0.1) is 5.92 Å². The number of fused-ring (bicyclic) bond motifs is 1. The zero-order valence-electron chi connectivity index (χ0n) is 15.8. The van der Waals surface area contributed by atoms with Gasteiger partial charge in [0.05, 0.1) is 0 Å². The number of nitrogens with one attached hydrogen (secondary N) is 2. The zero-order valence-corrected chi connectivity index (χ0v) is 15.8. The van der Waals surface area contributed by atoms with Gasteiger partial charge in [0.25, 0.3) is 11.8 Å². The van der Waals surface area contributed by atoms with Crippen LogP contribution in [0.3, 0.4) is 0 Å². The molecule has 7 nitrogen and oxygen atoms in total. The average molecular weight is 394 g/mol. The van der Waals surface area contributed by atoms with Crippen LogP contribution in [0.25, 0.3) is 0 Å². The Bertz CT molecular complexity index is 929. The Balaban J connectivity index is 1.38. The first-order chi connectivity index (χ1) is 14.0. The van der Waals surface area contributed by atoms with Gasteiger partial charge in [0.15, 0.2) is 6.10 Å². The number of ether oxygens (including phenoxy) is 1. The van der Waals surface area contributed by atoms with Gasteiger partial charge in [0.1, 0.15) is 11.8 Å². The normalized spacial score (nSPS) is 18.3. The maximum Gasteiger partial charge on any atom is 0.326 e. The van der Waals surface area contributed by atoms with Gasteiger partial charge >= 0.3 is 5.97 Å². The van der Waals surface area contributed by atoms with Crippen molar-refractivity contribution >= 4 is 23.5 Å². The van der Waals surface area contributed by atoms with Crippen LogP contribution in [0.2, 0.25) is 0 Å². The number of anilines is 1. The first-order valence-corrected chi connectivity index (χ1v) is 9.69. The van der Waals surface area contributed by atoms with Gasteiger partial charge in [0.2, 0.25) is 0 Å². The summed E-state index contributed by atoms with van der Waals surface area (Å²) in [5.41, 5.74) is 1.73. The summed E-state index contributed by atoms with van der Waals surface area (Å²) >= 11 is 0. The minimum atomic E-state index is -1.03. The SMILES string of the molecule is O=C(NC(CC1CC1)C(=O)O)c1cccc(NC(=O)C2Cc3ccccc3O2)c1. The van der Waals surface area contributed by atoms with E-state index in [0.717, 1.165) is 18.4 Å². The number of benzene rings is 2. The lowest BCUT2D eigenvalue weighted by Crippen LogP contribution is -2.41. The van der Waals surface area contributed by atoms with Crippen LogP contribution in [-0.2, 0) is 16.0 Å². The lowest BCUT2D eigenvalue weighted by atomic mass is 10.1. The van der Waals surface area contributed by atoms with Crippen LogP contribution in [0.15, 0.2) is 48.5 Å². The molecule has 2 aliphatic rings. The number of carboxylic acid groups (broad SMARTS) is 1. The second kappa shape index (κ2) is 7.95. The van der Waals surface area contributed by atoms with Crippen molar-refractivity contribution in [2.45, 2.75) is 37.8 Å². The maximum absolute atomic E-state index is 12.5. The summed E-state index contributed by atoms with van der Waals surface area (Å²) in [6.45, 7) is 0. The molecule has 29 heavy (non-hydrogen) atoms. The molecular weight excluding hydrogens is 372 g/mol. The number of para-hydroxylation sites is 1. The molecule has 150 valence electrons. The Morgan fingerprint density at radius 3 is 2.62 bits per heavy atom. The highest BCUT2D eigenvalue weighted by Gasteiger charge is 2.31. The minimum absolute atomic E-state index is 0.292.